The molecule has 0 aliphatic carbocycles. The number of carbonyl (C=O) groups excluding carboxylic acids is 2. The summed E-state index contributed by atoms with van der Waals surface area (Å²) in [7, 11) is 0. The van der Waals surface area contributed by atoms with Gasteiger partial charge in [-0.3, -0.25) is 14.9 Å². The highest BCUT2D eigenvalue weighted by atomic mass is 16.2. The molecule has 104 valence electrons. The molecular formula is C15H17N3O2. The normalized spacial score (nSPS) is 19.4. The Morgan fingerprint density at radius 3 is 2.90 bits per heavy atom. The Balaban J connectivity index is 1.97. The Morgan fingerprint density at radius 2 is 2.15 bits per heavy atom. The van der Waals surface area contributed by atoms with Gasteiger partial charge >= 0.3 is 0 Å². The molecule has 0 bridgehead atoms. The number of nitrogens with one attached hydrogen (secondary N) is 1. The second kappa shape index (κ2) is 5.09. The van der Waals surface area contributed by atoms with Gasteiger partial charge in [0.05, 0.1) is 5.92 Å². The Bertz CT molecular complexity index is 675. The van der Waals surface area contributed by atoms with Gasteiger partial charge in [0.2, 0.25) is 11.8 Å². The molecule has 2 aromatic rings. The number of rotatable bonds is 3. The zero-order valence-electron chi connectivity index (χ0n) is 11.1. The van der Waals surface area contributed by atoms with Gasteiger partial charge in [-0.15, -0.1) is 0 Å². The van der Waals surface area contributed by atoms with Gasteiger partial charge in [-0.2, -0.15) is 0 Å². The lowest BCUT2D eigenvalue weighted by Gasteiger charge is -2.21. The van der Waals surface area contributed by atoms with Crippen molar-refractivity contribution in [2.45, 2.75) is 25.3 Å². The molecule has 3 rings (SSSR count). The number of carbonyl (C=O) groups is 2. The first-order chi connectivity index (χ1) is 9.69. The highest BCUT2D eigenvalue weighted by Crippen LogP contribution is 2.28. The minimum absolute atomic E-state index is 0.182. The minimum Gasteiger partial charge on any atom is -0.346 e. The monoisotopic (exact) mass is 271 g/mol. The Labute approximate surface area is 116 Å². The number of benzene rings is 1. The fourth-order valence-electron chi connectivity index (χ4n) is 2.76. The van der Waals surface area contributed by atoms with Gasteiger partial charge in [0.1, 0.15) is 0 Å². The molecule has 1 saturated heterocycles. The fraction of sp³-hybridized carbons (Fsp3) is 0.333. The second-order valence-corrected chi connectivity index (χ2v) is 5.12. The van der Waals surface area contributed by atoms with E-state index in [2.05, 4.69) is 9.88 Å². The third kappa shape index (κ3) is 2.20. The molecule has 1 aliphatic rings. The number of hydrogen-bond acceptors (Lipinski definition) is 3. The van der Waals surface area contributed by atoms with Crippen LogP contribution in [-0.2, 0) is 16.1 Å². The molecule has 0 saturated carbocycles. The summed E-state index contributed by atoms with van der Waals surface area (Å²) < 4.78 is 2.09. The first kappa shape index (κ1) is 12.9. The van der Waals surface area contributed by atoms with Crippen LogP contribution in [0.15, 0.2) is 30.5 Å². The van der Waals surface area contributed by atoms with E-state index in [0.717, 1.165) is 23.0 Å². The molecule has 0 spiro atoms. The van der Waals surface area contributed by atoms with Gasteiger partial charge < -0.3 is 10.3 Å². The van der Waals surface area contributed by atoms with Crippen molar-refractivity contribution in [3.63, 3.8) is 0 Å². The van der Waals surface area contributed by atoms with Crippen LogP contribution in [0, 0.1) is 0 Å². The van der Waals surface area contributed by atoms with Crippen LogP contribution in [0.1, 0.15) is 24.3 Å². The summed E-state index contributed by atoms with van der Waals surface area (Å²) in [4.78, 5) is 23.1. The maximum absolute atomic E-state index is 11.9. The number of aromatic nitrogens is 1. The highest BCUT2D eigenvalue weighted by molar-refractivity contribution is 6.01. The molecule has 2 heterocycles. The first-order valence-corrected chi connectivity index (χ1v) is 6.81. The van der Waals surface area contributed by atoms with E-state index in [4.69, 9.17) is 5.73 Å². The molecule has 1 unspecified atom stereocenters. The van der Waals surface area contributed by atoms with Gasteiger partial charge in [-0.1, -0.05) is 12.1 Å². The lowest BCUT2D eigenvalue weighted by atomic mass is 9.90. The average Bonchev–Trinajstić information content (AvgIpc) is 2.82. The number of imide groups is 1. The maximum atomic E-state index is 11.9. The Morgan fingerprint density at radius 1 is 1.30 bits per heavy atom. The van der Waals surface area contributed by atoms with Gasteiger partial charge in [0.15, 0.2) is 0 Å². The summed E-state index contributed by atoms with van der Waals surface area (Å²) in [5.41, 5.74) is 7.65. The van der Waals surface area contributed by atoms with Gasteiger partial charge in [-0.25, -0.2) is 0 Å². The van der Waals surface area contributed by atoms with Crippen LogP contribution in [0.3, 0.4) is 0 Å². The summed E-state index contributed by atoms with van der Waals surface area (Å²) in [5, 5.41) is 3.54. The van der Waals surface area contributed by atoms with Crippen molar-refractivity contribution in [2.75, 3.05) is 6.54 Å². The minimum atomic E-state index is -0.238. The number of amides is 2. The fourth-order valence-corrected chi connectivity index (χ4v) is 2.76. The molecule has 0 radical (unpaired) electrons. The smallest absolute Gasteiger partial charge is 0.234 e. The van der Waals surface area contributed by atoms with Crippen LogP contribution in [0.4, 0.5) is 0 Å². The van der Waals surface area contributed by atoms with Crippen LogP contribution in [0.2, 0.25) is 0 Å². The molecular weight excluding hydrogens is 254 g/mol. The number of piperidine rings is 1. The Hall–Kier alpha value is -2.14. The molecule has 1 aromatic carbocycles. The molecule has 1 atom stereocenters. The summed E-state index contributed by atoms with van der Waals surface area (Å²) in [6.45, 7) is 1.33. The van der Waals surface area contributed by atoms with Crippen LogP contribution in [-0.4, -0.2) is 22.9 Å². The molecule has 1 fully saturated rings. The molecule has 5 nitrogen and oxygen atoms in total. The quantitative estimate of drug-likeness (QED) is 0.821. The number of nitrogens with two attached hydrogens (primary N) is 1. The molecule has 1 aliphatic heterocycles. The van der Waals surface area contributed by atoms with E-state index in [0.29, 0.717) is 19.4 Å². The molecule has 1 aromatic heterocycles. The average molecular weight is 271 g/mol. The van der Waals surface area contributed by atoms with E-state index in [1.807, 2.05) is 30.5 Å². The lowest BCUT2D eigenvalue weighted by molar-refractivity contribution is -0.134. The van der Waals surface area contributed by atoms with E-state index < -0.39 is 0 Å². The van der Waals surface area contributed by atoms with Crippen LogP contribution in [0.25, 0.3) is 10.9 Å². The van der Waals surface area contributed by atoms with Crippen LogP contribution in [0.5, 0.6) is 0 Å². The van der Waals surface area contributed by atoms with Crippen molar-refractivity contribution >= 4 is 22.7 Å². The SMILES string of the molecule is NCCn1ccc2ccc(C3CCC(=O)NC3=O)cc21. The van der Waals surface area contributed by atoms with E-state index in [-0.39, 0.29) is 17.7 Å². The molecule has 3 N–H and O–H groups in total. The van der Waals surface area contributed by atoms with Gasteiger partial charge in [0.25, 0.3) is 0 Å². The zero-order chi connectivity index (χ0) is 14.1. The van der Waals surface area contributed by atoms with Gasteiger partial charge in [0, 0.05) is 31.2 Å². The first-order valence-electron chi connectivity index (χ1n) is 6.81. The largest absolute Gasteiger partial charge is 0.346 e. The van der Waals surface area contributed by atoms with Crippen LogP contribution >= 0.6 is 0 Å². The summed E-state index contributed by atoms with van der Waals surface area (Å²) in [6.07, 6.45) is 2.98. The van der Waals surface area contributed by atoms with Crippen molar-refractivity contribution in [3.8, 4) is 0 Å². The predicted molar refractivity (Wildman–Crippen MR) is 76.1 cm³/mol. The van der Waals surface area contributed by atoms with Crippen LogP contribution < -0.4 is 11.1 Å². The molecule has 5 heteroatoms. The third-order valence-corrected chi connectivity index (χ3v) is 3.81. The van der Waals surface area contributed by atoms with Crippen molar-refractivity contribution in [1.82, 2.24) is 9.88 Å². The van der Waals surface area contributed by atoms with Crippen molar-refractivity contribution in [1.29, 1.82) is 0 Å². The number of nitrogens with zero attached hydrogens (tertiary/aromatic N) is 1. The third-order valence-electron chi connectivity index (χ3n) is 3.81. The summed E-state index contributed by atoms with van der Waals surface area (Å²) in [5.74, 6) is -0.616. The van der Waals surface area contributed by atoms with E-state index in [9.17, 15) is 9.59 Å². The molecule has 20 heavy (non-hydrogen) atoms. The summed E-state index contributed by atoms with van der Waals surface area (Å²) in [6, 6.07) is 8.06. The Kier molecular flexibility index (Phi) is 3.28. The molecule has 2 amide bonds. The van der Waals surface area contributed by atoms with E-state index in [1.165, 1.54) is 0 Å². The van der Waals surface area contributed by atoms with E-state index in [1.54, 1.807) is 0 Å². The predicted octanol–water partition coefficient (Wildman–Crippen LogP) is 1.12. The second-order valence-electron chi connectivity index (χ2n) is 5.12. The number of hydrogen-bond donors (Lipinski definition) is 2. The number of fused-ring (bicyclic) bond motifs is 1. The lowest BCUT2D eigenvalue weighted by Crippen LogP contribution is -2.39. The van der Waals surface area contributed by atoms with E-state index >= 15 is 0 Å². The zero-order valence-corrected chi connectivity index (χ0v) is 11.1. The van der Waals surface area contributed by atoms with Crippen molar-refractivity contribution < 1.29 is 9.59 Å². The topological polar surface area (TPSA) is 77.1 Å². The summed E-state index contributed by atoms with van der Waals surface area (Å²) >= 11 is 0. The maximum Gasteiger partial charge on any atom is 0.234 e. The standard InChI is InChI=1S/C15H17N3O2/c16-6-8-18-7-5-10-1-2-11(9-13(10)18)12-3-4-14(19)17-15(12)20/h1-2,5,7,9,12H,3-4,6,8,16H2,(H,17,19,20). The van der Waals surface area contributed by atoms with Crippen molar-refractivity contribution in [3.05, 3.63) is 36.0 Å². The highest BCUT2D eigenvalue weighted by Gasteiger charge is 2.28. The van der Waals surface area contributed by atoms with Gasteiger partial charge in [-0.05, 0) is 29.5 Å². The van der Waals surface area contributed by atoms with Crippen molar-refractivity contribution in [2.24, 2.45) is 5.73 Å².